The van der Waals surface area contributed by atoms with Crippen LogP contribution < -0.4 is 5.32 Å². The normalized spacial score (nSPS) is 26.7. The van der Waals surface area contributed by atoms with Crippen LogP contribution in [0, 0.1) is 0 Å². The van der Waals surface area contributed by atoms with Gasteiger partial charge < -0.3 is 65.1 Å². The predicted molar refractivity (Wildman–Crippen MR) is 276 cm³/mol. The maximum Gasteiger partial charge on any atom is 0.220 e. The first-order valence-electron chi connectivity index (χ1n) is 26.8. The Kier molecular flexibility index (Phi) is 37.6. The van der Waals surface area contributed by atoms with Crippen molar-refractivity contribution in [2.24, 2.45) is 0 Å². The largest absolute Gasteiger partial charge is 0.394 e. The molecule has 402 valence electrons. The second-order valence-corrected chi connectivity index (χ2v) is 18.6. The molecule has 2 aliphatic rings. The number of carbonyl (C=O) groups is 1. The number of aliphatic hydroxyl groups excluding tert-OH is 8. The highest BCUT2D eigenvalue weighted by atomic mass is 16.7. The molecule has 0 saturated carbocycles. The maximum absolute atomic E-state index is 13.2. The second-order valence-electron chi connectivity index (χ2n) is 18.6. The van der Waals surface area contributed by atoms with E-state index >= 15 is 0 Å². The molecular formula is C56H95NO13. The number of ether oxygens (including phenoxy) is 4. The van der Waals surface area contributed by atoms with Gasteiger partial charge in [0, 0.05) is 6.42 Å². The highest BCUT2D eigenvalue weighted by Gasteiger charge is 2.51. The highest BCUT2D eigenvalue weighted by molar-refractivity contribution is 5.76. The smallest absolute Gasteiger partial charge is 0.220 e. The summed E-state index contributed by atoms with van der Waals surface area (Å²) in [5.74, 6) is -0.269. The van der Waals surface area contributed by atoms with Crippen LogP contribution in [0.25, 0.3) is 0 Å². The third kappa shape index (κ3) is 27.8. The topological polar surface area (TPSA) is 228 Å². The monoisotopic (exact) mass is 990 g/mol. The second kappa shape index (κ2) is 41.6. The average molecular weight is 990 g/mol. The summed E-state index contributed by atoms with van der Waals surface area (Å²) < 4.78 is 22.7. The molecule has 0 radical (unpaired) electrons. The fourth-order valence-corrected chi connectivity index (χ4v) is 8.23. The summed E-state index contributed by atoms with van der Waals surface area (Å²) >= 11 is 0. The van der Waals surface area contributed by atoms with Crippen LogP contribution in [-0.2, 0) is 23.7 Å². The first-order valence-corrected chi connectivity index (χ1v) is 26.8. The highest BCUT2D eigenvalue weighted by Crippen LogP contribution is 2.30. The zero-order valence-corrected chi connectivity index (χ0v) is 42.7. The molecule has 2 fully saturated rings. The number of unbranched alkanes of at least 4 members (excludes halogenated alkanes) is 15. The minimum absolute atomic E-state index is 0.246. The van der Waals surface area contributed by atoms with Gasteiger partial charge in [-0.25, -0.2) is 0 Å². The lowest BCUT2D eigenvalue weighted by molar-refractivity contribution is -0.359. The fourth-order valence-electron chi connectivity index (χ4n) is 8.23. The number of hydrogen-bond acceptors (Lipinski definition) is 13. The van der Waals surface area contributed by atoms with Gasteiger partial charge >= 0.3 is 0 Å². The zero-order chi connectivity index (χ0) is 51.0. The SMILES string of the molecule is CC/C=C\C/C=C\C/C=C\C/C=C\C/C=C\C/C=C\CCCCCCC(=O)NC(COC1OC(CO)C(OC2OC(CO)C(O)C(O)C2O)C(O)C1O)C(O)/C=C/CCCCCCCCCCCCC. The van der Waals surface area contributed by atoms with Gasteiger partial charge in [-0.15, -0.1) is 0 Å². The van der Waals surface area contributed by atoms with Crippen molar-refractivity contribution < 1.29 is 64.6 Å². The number of nitrogens with one attached hydrogen (secondary N) is 1. The molecule has 9 N–H and O–H groups in total. The van der Waals surface area contributed by atoms with E-state index in [-0.39, 0.29) is 18.9 Å². The van der Waals surface area contributed by atoms with Crippen LogP contribution in [0.5, 0.6) is 0 Å². The van der Waals surface area contributed by atoms with Crippen molar-refractivity contribution in [3.8, 4) is 0 Å². The Morgan fingerprint density at radius 3 is 1.51 bits per heavy atom. The molecule has 0 aromatic rings. The Bertz CT molecular complexity index is 1500. The minimum Gasteiger partial charge on any atom is -0.394 e. The minimum atomic E-state index is -1.79. The first kappa shape index (κ1) is 63.3. The van der Waals surface area contributed by atoms with Crippen molar-refractivity contribution in [2.75, 3.05) is 19.8 Å². The van der Waals surface area contributed by atoms with Crippen LogP contribution in [0.2, 0.25) is 0 Å². The predicted octanol–water partition coefficient (Wildman–Crippen LogP) is 7.77. The van der Waals surface area contributed by atoms with E-state index in [0.717, 1.165) is 83.5 Å². The van der Waals surface area contributed by atoms with Crippen LogP contribution in [-0.4, -0.2) is 140 Å². The lowest BCUT2D eigenvalue weighted by atomic mass is 9.97. The molecule has 2 aliphatic heterocycles. The van der Waals surface area contributed by atoms with Crippen LogP contribution in [0.1, 0.15) is 168 Å². The molecule has 0 aromatic heterocycles. The Balaban J connectivity index is 1.82. The van der Waals surface area contributed by atoms with E-state index in [0.29, 0.717) is 6.42 Å². The zero-order valence-electron chi connectivity index (χ0n) is 42.7. The molecule has 1 amide bonds. The Morgan fingerprint density at radius 2 is 0.986 bits per heavy atom. The molecule has 12 unspecified atom stereocenters. The third-order valence-electron chi connectivity index (χ3n) is 12.6. The molecule has 70 heavy (non-hydrogen) atoms. The Labute approximate surface area is 420 Å². The van der Waals surface area contributed by atoms with Crippen LogP contribution >= 0.6 is 0 Å². The van der Waals surface area contributed by atoms with Gasteiger partial charge in [-0.05, 0) is 70.6 Å². The van der Waals surface area contributed by atoms with E-state index in [1.165, 1.54) is 57.8 Å². The summed E-state index contributed by atoms with van der Waals surface area (Å²) in [6.07, 6.45) is 37.6. The number of carbonyl (C=O) groups excluding carboxylic acids is 1. The van der Waals surface area contributed by atoms with Crippen molar-refractivity contribution in [1.29, 1.82) is 0 Å². The van der Waals surface area contributed by atoms with Crippen molar-refractivity contribution in [3.63, 3.8) is 0 Å². The summed E-state index contributed by atoms with van der Waals surface area (Å²) in [5.41, 5.74) is 0. The fraction of sp³-hybridized carbons (Fsp3) is 0.732. The molecule has 0 aliphatic carbocycles. The van der Waals surface area contributed by atoms with E-state index in [1.807, 2.05) is 6.08 Å². The molecule has 0 aromatic carbocycles. The molecule has 12 atom stereocenters. The number of aliphatic hydroxyl groups is 8. The standard InChI is InChI=1S/C56H95NO13/c1-3-5-7-9-11-13-15-17-18-19-20-21-22-23-24-25-26-28-30-32-34-36-38-40-48(61)57-44(45(60)39-37-35-33-31-29-27-16-14-12-10-8-6-4-2)43-67-55-53(66)51(64)54(47(42-59)69-55)70-56-52(65)50(63)49(62)46(41-58)68-56/h5,7,11,13,17-18,20-21,23-24,26,28,37,39,44-47,49-56,58-60,62-66H,3-4,6,8-10,12,14-16,19,22,25,27,29-36,38,40-43H2,1-2H3,(H,57,61)/b7-5-,13-11-,18-17-,21-20-,24-23-,28-26-,39-37+. The van der Waals surface area contributed by atoms with Gasteiger partial charge in [0.1, 0.15) is 48.8 Å². The van der Waals surface area contributed by atoms with Gasteiger partial charge in [-0.1, -0.05) is 176 Å². The Hall–Kier alpha value is -2.83. The first-order chi connectivity index (χ1) is 34.1. The number of amides is 1. The average Bonchev–Trinajstić information content (AvgIpc) is 3.36. The summed E-state index contributed by atoms with van der Waals surface area (Å²) in [7, 11) is 0. The molecule has 14 nitrogen and oxygen atoms in total. The summed E-state index contributed by atoms with van der Waals surface area (Å²) in [6.45, 7) is 2.63. The van der Waals surface area contributed by atoms with E-state index in [2.05, 4.69) is 92.1 Å². The molecule has 2 heterocycles. The summed E-state index contributed by atoms with van der Waals surface area (Å²) in [6, 6.07) is -0.933. The number of allylic oxidation sites excluding steroid dienone is 13. The molecule has 14 heteroatoms. The lowest BCUT2D eigenvalue weighted by Gasteiger charge is -2.46. The number of rotatable bonds is 40. The van der Waals surface area contributed by atoms with Crippen molar-refractivity contribution >= 4 is 5.91 Å². The van der Waals surface area contributed by atoms with E-state index in [4.69, 9.17) is 18.9 Å². The van der Waals surface area contributed by atoms with Gasteiger partial charge in [0.05, 0.1) is 32.0 Å². The quantitative estimate of drug-likeness (QED) is 0.0212. The molecule has 2 saturated heterocycles. The van der Waals surface area contributed by atoms with Gasteiger partial charge in [-0.2, -0.15) is 0 Å². The van der Waals surface area contributed by atoms with E-state index < -0.39 is 86.8 Å². The van der Waals surface area contributed by atoms with Crippen molar-refractivity contribution in [2.45, 2.75) is 242 Å². The van der Waals surface area contributed by atoms with Crippen LogP contribution in [0.15, 0.2) is 85.1 Å². The Morgan fingerprint density at radius 1 is 0.529 bits per heavy atom. The van der Waals surface area contributed by atoms with Gasteiger partial charge in [0.15, 0.2) is 12.6 Å². The van der Waals surface area contributed by atoms with E-state index in [1.54, 1.807) is 6.08 Å². The lowest BCUT2D eigenvalue weighted by Crippen LogP contribution is -2.65. The molecule has 2 rings (SSSR count). The molecular weight excluding hydrogens is 895 g/mol. The van der Waals surface area contributed by atoms with Crippen LogP contribution in [0.3, 0.4) is 0 Å². The molecule has 0 spiro atoms. The third-order valence-corrected chi connectivity index (χ3v) is 12.6. The van der Waals surface area contributed by atoms with Crippen molar-refractivity contribution in [1.82, 2.24) is 5.32 Å². The van der Waals surface area contributed by atoms with Gasteiger partial charge in [0.2, 0.25) is 5.91 Å². The van der Waals surface area contributed by atoms with Gasteiger partial charge in [0.25, 0.3) is 0 Å². The molecule has 0 bridgehead atoms. The van der Waals surface area contributed by atoms with E-state index in [9.17, 15) is 45.6 Å². The van der Waals surface area contributed by atoms with Crippen molar-refractivity contribution in [3.05, 3.63) is 85.1 Å². The summed E-state index contributed by atoms with van der Waals surface area (Å²) in [4.78, 5) is 13.2. The number of hydrogen-bond donors (Lipinski definition) is 9. The maximum atomic E-state index is 13.2. The summed E-state index contributed by atoms with van der Waals surface area (Å²) in [5, 5.41) is 86.8. The van der Waals surface area contributed by atoms with Crippen LogP contribution in [0.4, 0.5) is 0 Å². The van der Waals surface area contributed by atoms with Gasteiger partial charge in [-0.3, -0.25) is 4.79 Å².